The molecule has 0 bridgehead atoms. The summed E-state index contributed by atoms with van der Waals surface area (Å²) in [5.41, 5.74) is 3.14. The number of rotatable bonds is 11. The Morgan fingerprint density at radius 2 is 1.21 bits per heavy atom. The fraction of sp³-hybridized carbons (Fsp3) is 0.379. The summed E-state index contributed by atoms with van der Waals surface area (Å²) in [7, 11) is 0. The van der Waals surface area contributed by atoms with E-state index >= 15 is 0 Å². The number of aliphatic hydroxyl groups is 1. The van der Waals surface area contributed by atoms with Gasteiger partial charge in [0.2, 0.25) is 0 Å². The van der Waals surface area contributed by atoms with E-state index in [-0.39, 0.29) is 54.8 Å². The van der Waals surface area contributed by atoms with E-state index in [0.29, 0.717) is 13.1 Å². The molecule has 0 radical (unpaired) electrons. The average molecular weight is 589 g/mol. The van der Waals surface area contributed by atoms with Crippen LogP contribution in [0.5, 0.6) is 0 Å². The van der Waals surface area contributed by atoms with E-state index in [1.807, 2.05) is 54.6 Å². The lowest BCUT2D eigenvalue weighted by atomic mass is 9.87. The highest BCUT2D eigenvalue weighted by Gasteiger charge is 2.20. The fourth-order valence-electron chi connectivity index (χ4n) is 4.78. The molecule has 3 aromatic rings. The molecule has 2 N–H and O–H groups in total. The van der Waals surface area contributed by atoms with Gasteiger partial charge in [-0.1, -0.05) is 42.5 Å². The molecule has 0 aromatic heterocycles. The van der Waals surface area contributed by atoms with Crippen molar-refractivity contribution in [1.82, 2.24) is 9.80 Å². The minimum absolute atomic E-state index is 0. The first kappa shape index (κ1) is 34.1. The molecule has 1 aliphatic heterocycles. The van der Waals surface area contributed by atoms with Gasteiger partial charge in [-0.25, -0.2) is 8.78 Å². The molecule has 0 amide bonds. The third-order valence-corrected chi connectivity index (χ3v) is 6.76. The molecule has 210 valence electrons. The SMILES string of the molecule is Cl.Cl.Cl.OC(CNc1ccccc1)CN1CCN(CCCC(c2ccc(F)cc2)c2ccc(F)cc2)CC1. The number of para-hydroxylation sites is 1. The standard InChI is InChI=1S/C29H35F2N3O.3ClH/c30-25-12-8-23(9-13-25)29(24-10-14-26(31)15-11-24)7-4-16-33-17-19-34(20-18-33)22-28(35)21-32-27-5-2-1-3-6-27;;;/h1-3,5-6,8-15,28-29,32,35H,4,7,16-22H2;3*1H. The van der Waals surface area contributed by atoms with Gasteiger partial charge in [-0.3, -0.25) is 4.90 Å². The summed E-state index contributed by atoms with van der Waals surface area (Å²) >= 11 is 0. The summed E-state index contributed by atoms with van der Waals surface area (Å²) in [6, 6.07) is 23.3. The first-order valence-electron chi connectivity index (χ1n) is 12.5. The molecule has 1 fully saturated rings. The molecule has 0 aliphatic carbocycles. The number of piperazine rings is 1. The van der Waals surface area contributed by atoms with Crippen LogP contribution < -0.4 is 5.32 Å². The second kappa shape index (κ2) is 17.6. The van der Waals surface area contributed by atoms with Gasteiger partial charge < -0.3 is 15.3 Å². The summed E-state index contributed by atoms with van der Waals surface area (Å²) in [6.45, 7) is 6.06. The quantitative estimate of drug-likeness (QED) is 0.278. The second-order valence-corrected chi connectivity index (χ2v) is 9.34. The van der Waals surface area contributed by atoms with Gasteiger partial charge in [0.15, 0.2) is 0 Å². The molecule has 3 aromatic carbocycles. The van der Waals surface area contributed by atoms with Crippen LogP contribution in [-0.2, 0) is 0 Å². The molecular weight excluding hydrogens is 551 g/mol. The lowest BCUT2D eigenvalue weighted by Crippen LogP contribution is -2.49. The van der Waals surface area contributed by atoms with Gasteiger partial charge in [-0.2, -0.15) is 0 Å². The van der Waals surface area contributed by atoms with E-state index < -0.39 is 6.10 Å². The topological polar surface area (TPSA) is 38.7 Å². The Bertz CT molecular complexity index is 976. The first-order chi connectivity index (χ1) is 17.1. The van der Waals surface area contributed by atoms with Crippen molar-refractivity contribution >= 4 is 42.9 Å². The molecule has 0 saturated carbocycles. The van der Waals surface area contributed by atoms with Gasteiger partial charge in [0.05, 0.1) is 6.10 Å². The van der Waals surface area contributed by atoms with Gasteiger partial charge in [0, 0.05) is 50.9 Å². The summed E-state index contributed by atoms with van der Waals surface area (Å²) in [5.74, 6) is -0.374. The fourth-order valence-corrected chi connectivity index (χ4v) is 4.78. The van der Waals surface area contributed by atoms with Crippen LogP contribution in [0.25, 0.3) is 0 Å². The summed E-state index contributed by atoms with van der Waals surface area (Å²) in [5, 5.41) is 13.7. The summed E-state index contributed by atoms with van der Waals surface area (Å²) < 4.78 is 26.9. The number of halogens is 5. The van der Waals surface area contributed by atoms with Crippen LogP contribution in [0.1, 0.15) is 29.9 Å². The third-order valence-electron chi connectivity index (χ3n) is 6.76. The van der Waals surface area contributed by atoms with Crippen molar-refractivity contribution < 1.29 is 13.9 Å². The van der Waals surface area contributed by atoms with Crippen LogP contribution in [0.2, 0.25) is 0 Å². The lowest BCUT2D eigenvalue weighted by molar-refractivity contribution is 0.0776. The Labute approximate surface area is 243 Å². The predicted molar refractivity (Wildman–Crippen MR) is 159 cm³/mol. The number of aliphatic hydroxyl groups excluding tert-OH is 1. The number of nitrogens with zero attached hydrogens (tertiary/aromatic N) is 2. The smallest absolute Gasteiger partial charge is 0.123 e. The van der Waals surface area contributed by atoms with E-state index in [2.05, 4.69) is 15.1 Å². The van der Waals surface area contributed by atoms with Crippen molar-refractivity contribution in [2.45, 2.75) is 24.9 Å². The van der Waals surface area contributed by atoms with Crippen molar-refractivity contribution in [2.24, 2.45) is 0 Å². The number of hydrogen-bond donors (Lipinski definition) is 2. The molecule has 1 unspecified atom stereocenters. The Hall–Kier alpha value is -1.93. The Balaban J connectivity index is 0.00000241. The molecule has 4 rings (SSSR count). The lowest BCUT2D eigenvalue weighted by Gasteiger charge is -2.36. The van der Waals surface area contributed by atoms with Crippen LogP contribution in [0.3, 0.4) is 0 Å². The Morgan fingerprint density at radius 1 is 0.711 bits per heavy atom. The normalized spacial score (nSPS) is 14.6. The molecule has 1 heterocycles. The predicted octanol–water partition coefficient (Wildman–Crippen LogP) is 6.23. The van der Waals surface area contributed by atoms with Crippen molar-refractivity contribution in [3.8, 4) is 0 Å². The number of β-amino-alcohol motifs (C(OH)–C–C–N with tert-alkyl or cyclic N) is 1. The van der Waals surface area contributed by atoms with Crippen molar-refractivity contribution in [2.75, 3.05) is 51.1 Å². The highest BCUT2D eigenvalue weighted by molar-refractivity contribution is 5.86. The molecule has 1 atom stereocenters. The molecule has 38 heavy (non-hydrogen) atoms. The zero-order chi connectivity index (χ0) is 24.5. The van der Waals surface area contributed by atoms with Gasteiger partial charge in [-0.15, -0.1) is 37.2 Å². The number of benzene rings is 3. The van der Waals surface area contributed by atoms with Crippen molar-refractivity contribution in [3.63, 3.8) is 0 Å². The molecule has 1 saturated heterocycles. The van der Waals surface area contributed by atoms with Gasteiger partial charge >= 0.3 is 0 Å². The Morgan fingerprint density at radius 3 is 1.74 bits per heavy atom. The zero-order valence-corrected chi connectivity index (χ0v) is 23.8. The maximum absolute atomic E-state index is 13.5. The van der Waals surface area contributed by atoms with E-state index in [4.69, 9.17) is 0 Å². The van der Waals surface area contributed by atoms with Crippen LogP contribution in [0.15, 0.2) is 78.9 Å². The van der Waals surface area contributed by atoms with Crippen LogP contribution in [0, 0.1) is 11.6 Å². The highest BCUT2D eigenvalue weighted by atomic mass is 35.5. The van der Waals surface area contributed by atoms with E-state index in [0.717, 1.165) is 62.4 Å². The van der Waals surface area contributed by atoms with Crippen LogP contribution >= 0.6 is 37.2 Å². The zero-order valence-electron chi connectivity index (χ0n) is 21.3. The van der Waals surface area contributed by atoms with Gasteiger partial charge in [0.25, 0.3) is 0 Å². The van der Waals surface area contributed by atoms with E-state index in [9.17, 15) is 13.9 Å². The summed E-state index contributed by atoms with van der Waals surface area (Å²) in [4.78, 5) is 4.80. The van der Waals surface area contributed by atoms with Crippen LogP contribution in [0.4, 0.5) is 14.5 Å². The largest absolute Gasteiger partial charge is 0.390 e. The van der Waals surface area contributed by atoms with E-state index in [1.165, 1.54) is 24.3 Å². The molecule has 9 heteroatoms. The molecule has 0 spiro atoms. The van der Waals surface area contributed by atoms with Gasteiger partial charge in [-0.05, 0) is 66.9 Å². The number of nitrogens with one attached hydrogen (secondary N) is 1. The highest BCUT2D eigenvalue weighted by Crippen LogP contribution is 2.30. The van der Waals surface area contributed by atoms with Crippen molar-refractivity contribution in [3.05, 3.63) is 102 Å². The Kier molecular flexibility index (Phi) is 15.8. The number of hydrogen-bond acceptors (Lipinski definition) is 4. The monoisotopic (exact) mass is 587 g/mol. The number of anilines is 1. The third kappa shape index (κ3) is 10.7. The second-order valence-electron chi connectivity index (χ2n) is 9.34. The maximum Gasteiger partial charge on any atom is 0.123 e. The summed E-state index contributed by atoms with van der Waals surface area (Å²) in [6.07, 6.45) is 1.51. The van der Waals surface area contributed by atoms with Crippen LogP contribution in [-0.4, -0.2) is 66.8 Å². The molecule has 4 nitrogen and oxygen atoms in total. The molecule has 1 aliphatic rings. The van der Waals surface area contributed by atoms with Crippen molar-refractivity contribution in [1.29, 1.82) is 0 Å². The minimum atomic E-state index is -0.408. The minimum Gasteiger partial charge on any atom is -0.390 e. The maximum atomic E-state index is 13.5. The first-order valence-corrected chi connectivity index (χ1v) is 12.5. The van der Waals surface area contributed by atoms with E-state index in [1.54, 1.807) is 0 Å². The molecular formula is C29H38Cl3F2N3O. The van der Waals surface area contributed by atoms with Gasteiger partial charge in [0.1, 0.15) is 11.6 Å². The average Bonchev–Trinajstić information content (AvgIpc) is 2.88.